The molecule has 0 radical (unpaired) electrons. The molecular weight excluding hydrogens is 424 g/mol. The lowest BCUT2D eigenvalue weighted by molar-refractivity contribution is -0.384. The maximum atomic E-state index is 12.9. The Morgan fingerprint density at radius 3 is 2.39 bits per heavy atom. The van der Waals surface area contributed by atoms with Crippen LogP contribution in [0.3, 0.4) is 0 Å². The molecule has 0 aliphatic carbocycles. The molecule has 0 aliphatic heterocycles. The Labute approximate surface area is 189 Å². The van der Waals surface area contributed by atoms with Gasteiger partial charge in [0.25, 0.3) is 17.5 Å². The summed E-state index contributed by atoms with van der Waals surface area (Å²) >= 11 is 0. The highest BCUT2D eigenvalue weighted by Crippen LogP contribution is 2.17. The molecular formula is C24H20N4O5. The van der Waals surface area contributed by atoms with Crippen molar-refractivity contribution < 1.29 is 19.6 Å². The predicted octanol–water partition coefficient (Wildman–Crippen LogP) is 3.61. The molecule has 0 unspecified atom stereocenters. The number of benzene rings is 3. The van der Waals surface area contributed by atoms with Gasteiger partial charge < -0.3 is 10.4 Å². The van der Waals surface area contributed by atoms with Gasteiger partial charge in [-0.3, -0.25) is 19.7 Å². The SMILES string of the molecule is C/C(=N\NC(=O)/C(=C/c1cccc([N+](=O)[O-])c1)NC(=O)c1ccccc1)c1ccccc1O. The fourth-order valence-corrected chi connectivity index (χ4v) is 2.87. The number of carbonyl (C=O) groups is 2. The van der Waals surface area contributed by atoms with Gasteiger partial charge in [-0.2, -0.15) is 5.10 Å². The molecule has 3 rings (SSSR count). The summed E-state index contributed by atoms with van der Waals surface area (Å²) in [4.78, 5) is 36.0. The summed E-state index contributed by atoms with van der Waals surface area (Å²) < 4.78 is 0. The number of aromatic hydroxyl groups is 1. The van der Waals surface area contributed by atoms with Crippen LogP contribution < -0.4 is 10.7 Å². The first-order chi connectivity index (χ1) is 15.8. The van der Waals surface area contributed by atoms with Crippen LogP contribution in [0.2, 0.25) is 0 Å². The Morgan fingerprint density at radius 2 is 1.70 bits per heavy atom. The van der Waals surface area contributed by atoms with Crippen molar-refractivity contribution in [2.24, 2.45) is 5.10 Å². The number of rotatable bonds is 7. The number of para-hydroxylation sites is 1. The zero-order chi connectivity index (χ0) is 23.8. The molecule has 3 N–H and O–H groups in total. The van der Waals surface area contributed by atoms with E-state index in [1.165, 1.54) is 30.3 Å². The van der Waals surface area contributed by atoms with Crippen LogP contribution >= 0.6 is 0 Å². The molecule has 3 aromatic rings. The van der Waals surface area contributed by atoms with Crippen molar-refractivity contribution in [2.75, 3.05) is 0 Å². The van der Waals surface area contributed by atoms with Gasteiger partial charge in [0.1, 0.15) is 11.4 Å². The molecule has 9 nitrogen and oxygen atoms in total. The summed E-state index contributed by atoms with van der Waals surface area (Å²) in [7, 11) is 0. The highest BCUT2D eigenvalue weighted by atomic mass is 16.6. The summed E-state index contributed by atoms with van der Waals surface area (Å²) in [6.45, 7) is 1.60. The fraction of sp³-hybridized carbons (Fsp3) is 0.0417. The third-order valence-electron chi connectivity index (χ3n) is 4.54. The van der Waals surface area contributed by atoms with Gasteiger partial charge in [-0.05, 0) is 42.8 Å². The molecule has 0 atom stereocenters. The Hall–Kier alpha value is -4.79. The lowest BCUT2D eigenvalue weighted by atomic mass is 10.1. The lowest BCUT2D eigenvalue weighted by Gasteiger charge is -2.10. The second-order valence-corrected chi connectivity index (χ2v) is 6.89. The number of phenolic OH excluding ortho intramolecular Hbond substituents is 1. The molecule has 0 saturated carbocycles. The zero-order valence-electron chi connectivity index (χ0n) is 17.6. The molecule has 2 amide bonds. The van der Waals surface area contributed by atoms with Crippen molar-refractivity contribution in [3.8, 4) is 5.75 Å². The minimum Gasteiger partial charge on any atom is -0.507 e. The van der Waals surface area contributed by atoms with Gasteiger partial charge in [0, 0.05) is 23.3 Å². The van der Waals surface area contributed by atoms with Gasteiger partial charge >= 0.3 is 0 Å². The zero-order valence-corrected chi connectivity index (χ0v) is 17.6. The van der Waals surface area contributed by atoms with Crippen LogP contribution in [-0.4, -0.2) is 27.6 Å². The van der Waals surface area contributed by atoms with E-state index >= 15 is 0 Å². The Kier molecular flexibility index (Phi) is 7.28. The number of nitrogens with zero attached hydrogens (tertiary/aromatic N) is 2. The lowest BCUT2D eigenvalue weighted by Crippen LogP contribution is -2.33. The number of hydrogen-bond acceptors (Lipinski definition) is 6. The second-order valence-electron chi connectivity index (χ2n) is 6.89. The van der Waals surface area contributed by atoms with E-state index < -0.39 is 16.7 Å². The molecule has 0 bridgehead atoms. The summed E-state index contributed by atoms with van der Waals surface area (Å²) in [6.07, 6.45) is 1.31. The molecule has 0 heterocycles. The van der Waals surface area contributed by atoms with Crippen LogP contribution in [0.4, 0.5) is 5.69 Å². The average molecular weight is 444 g/mol. The molecule has 0 saturated heterocycles. The first-order valence-electron chi connectivity index (χ1n) is 9.80. The maximum Gasteiger partial charge on any atom is 0.287 e. The summed E-state index contributed by atoms with van der Waals surface area (Å²) in [5.74, 6) is -1.29. The Bertz CT molecular complexity index is 1250. The van der Waals surface area contributed by atoms with Crippen molar-refractivity contribution in [1.29, 1.82) is 0 Å². The number of nitrogens with one attached hydrogen (secondary N) is 2. The van der Waals surface area contributed by atoms with Crippen molar-refractivity contribution in [1.82, 2.24) is 10.7 Å². The van der Waals surface area contributed by atoms with E-state index in [0.717, 1.165) is 0 Å². The Balaban J connectivity index is 1.90. The quantitative estimate of drug-likeness (QED) is 0.221. The summed E-state index contributed by atoms with van der Waals surface area (Å²) in [5, 5.41) is 27.5. The number of carbonyl (C=O) groups excluding carboxylic acids is 2. The van der Waals surface area contributed by atoms with E-state index in [1.807, 2.05) is 0 Å². The third-order valence-corrected chi connectivity index (χ3v) is 4.54. The van der Waals surface area contributed by atoms with E-state index in [1.54, 1.807) is 61.5 Å². The third kappa shape index (κ3) is 6.11. The molecule has 166 valence electrons. The molecule has 0 fully saturated rings. The van der Waals surface area contributed by atoms with Crippen molar-refractivity contribution in [3.63, 3.8) is 0 Å². The second kappa shape index (κ2) is 10.5. The smallest absolute Gasteiger partial charge is 0.287 e. The largest absolute Gasteiger partial charge is 0.507 e. The number of hydrogen-bond donors (Lipinski definition) is 3. The number of amides is 2. The molecule has 0 aromatic heterocycles. The van der Waals surface area contributed by atoms with Crippen molar-refractivity contribution in [2.45, 2.75) is 6.92 Å². The van der Waals surface area contributed by atoms with E-state index in [0.29, 0.717) is 22.4 Å². The van der Waals surface area contributed by atoms with Crippen LogP contribution in [-0.2, 0) is 4.79 Å². The summed E-state index contributed by atoms with van der Waals surface area (Å²) in [6, 6.07) is 20.4. The Morgan fingerprint density at radius 1 is 1.00 bits per heavy atom. The fourth-order valence-electron chi connectivity index (χ4n) is 2.87. The van der Waals surface area contributed by atoms with Crippen LogP contribution in [0.1, 0.15) is 28.4 Å². The van der Waals surface area contributed by atoms with Crippen LogP contribution in [0.15, 0.2) is 89.7 Å². The van der Waals surface area contributed by atoms with Crippen LogP contribution in [0, 0.1) is 10.1 Å². The van der Waals surface area contributed by atoms with Gasteiger partial charge in [0.2, 0.25) is 0 Å². The molecule has 9 heteroatoms. The number of nitro groups is 1. The molecule has 33 heavy (non-hydrogen) atoms. The first-order valence-corrected chi connectivity index (χ1v) is 9.80. The number of nitro benzene ring substituents is 1. The van der Waals surface area contributed by atoms with E-state index in [4.69, 9.17) is 0 Å². The highest BCUT2D eigenvalue weighted by molar-refractivity contribution is 6.06. The van der Waals surface area contributed by atoms with Crippen molar-refractivity contribution in [3.05, 3.63) is 111 Å². The van der Waals surface area contributed by atoms with Gasteiger partial charge in [-0.25, -0.2) is 5.43 Å². The van der Waals surface area contributed by atoms with Crippen LogP contribution in [0.5, 0.6) is 5.75 Å². The average Bonchev–Trinajstić information content (AvgIpc) is 2.82. The maximum absolute atomic E-state index is 12.9. The van der Waals surface area contributed by atoms with Gasteiger partial charge in [0.05, 0.1) is 10.6 Å². The van der Waals surface area contributed by atoms with Gasteiger partial charge in [-0.1, -0.05) is 42.5 Å². The van der Waals surface area contributed by atoms with Gasteiger partial charge in [0.15, 0.2) is 0 Å². The standard InChI is InChI=1S/C24H20N4O5/c1-16(20-12-5-6-13-22(20)29)26-27-24(31)21(25-23(30)18-9-3-2-4-10-18)15-17-8-7-11-19(14-17)28(32)33/h2-15,29H,1H3,(H,25,30)(H,27,31)/b21-15-,26-16+. The van der Waals surface area contributed by atoms with Gasteiger partial charge in [-0.15, -0.1) is 0 Å². The van der Waals surface area contributed by atoms with Crippen molar-refractivity contribution >= 4 is 29.3 Å². The normalized spacial score (nSPS) is 11.5. The van der Waals surface area contributed by atoms with E-state index in [9.17, 15) is 24.8 Å². The number of non-ortho nitro benzene ring substituents is 1. The minimum absolute atomic E-state index is 0.00209. The van der Waals surface area contributed by atoms with E-state index in [2.05, 4.69) is 15.8 Å². The van der Waals surface area contributed by atoms with Crippen LogP contribution in [0.25, 0.3) is 6.08 Å². The monoisotopic (exact) mass is 444 g/mol. The molecule has 3 aromatic carbocycles. The predicted molar refractivity (Wildman–Crippen MR) is 123 cm³/mol. The first kappa shape index (κ1) is 22.9. The summed E-state index contributed by atoms with van der Waals surface area (Å²) in [5.41, 5.74) is 3.44. The number of hydrazone groups is 1. The molecule has 0 spiro atoms. The highest BCUT2D eigenvalue weighted by Gasteiger charge is 2.16. The topological polar surface area (TPSA) is 134 Å². The molecule has 0 aliphatic rings. The number of phenols is 1. The van der Waals surface area contributed by atoms with E-state index in [-0.39, 0.29) is 17.1 Å². The minimum atomic E-state index is -0.749.